The van der Waals surface area contributed by atoms with Crippen LogP contribution >= 0.6 is 23.8 Å². The van der Waals surface area contributed by atoms with Gasteiger partial charge in [0.05, 0.1) is 25.8 Å². The SMILES string of the molecule is COc1ccc(OC)c([C@H]2NC(=S)NC(C)=C2C(=O)Nc2cc(Cl)ccc2C)c1. The second-order valence-electron chi connectivity index (χ2n) is 6.59. The van der Waals surface area contributed by atoms with Crippen LogP contribution in [-0.2, 0) is 4.79 Å². The van der Waals surface area contributed by atoms with Crippen molar-refractivity contribution in [1.29, 1.82) is 0 Å². The summed E-state index contributed by atoms with van der Waals surface area (Å²) < 4.78 is 10.9. The fourth-order valence-corrected chi connectivity index (χ4v) is 3.65. The van der Waals surface area contributed by atoms with E-state index in [-0.39, 0.29) is 5.91 Å². The molecule has 0 unspecified atom stereocenters. The van der Waals surface area contributed by atoms with Crippen molar-refractivity contribution >= 4 is 40.5 Å². The first kappa shape index (κ1) is 21.0. The molecule has 2 aromatic rings. The number of nitrogens with one attached hydrogen (secondary N) is 3. The molecule has 0 aromatic heterocycles. The maximum absolute atomic E-state index is 13.3. The summed E-state index contributed by atoms with van der Waals surface area (Å²) in [5.74, 6) is 0.991. The second-order valence-corrected chi connectivity index (χ2v) is 7.44. The highest BCUT2D eigenvalue weighted by atomic mass is 35.5. The molecule has 152 valence electrons. The maximum Gasteiger partial charge on any atom is 0.255 e. The van der Waals surface area contributed by atoms with E-state index < -0.39 is 6.04 Å². The number of halogens is 1. The summed E-state index contributed by atoms with van der Waals surface area (Å²) in [7, 11) is 3.17. The number of hydrogen-bond donors (Lipinski definition) is 3. The molecule has 6 nitrogen and oxygen atoms in total. The van der Waals surface area contributed by atoms with E-state index in [0.717, 1.165) is 11.1 Å². The number of anilines is 1. The largest absolute Gasteiger partial charge is 0.497 e. The Hall–Kier alpha value is -2.77. The molecule has 0 radical (unpaired) electrons. The summed E-state index contributed by atoms with van der Waals surface area (Å²) in [5.41, 5.74) is 3.43. The minimum atomic E-state index is -0.520. The second kappa shape index (κ2) is 8.71. The predicted molar refractivity (Wildman–Crippen MR) is 119 cm³/mol. The molecule has 8 heteroatoms. The van der Waals surface area contributed by atoms with Crippen molar-refractivity contribution in [3.8, 4) is 11.5 Å². The standard InChI is InChI=1S/C21H22ClN3O3S/c1-11-5-6-13(22)9-16(11)24-20(26)18-12(2)23-21(29)25-19(18)15-10-14(27-3)7-8-17(15)28-4/h5-10,19H,1-4H3,(H,24,26)(H2,23,25,29)/t19-/m1/s1. The maximum atomic E-state index is 13.3. The number of allylic oxidation sites excluding steroid dienone is 1. The number of hydrogen-bond acceptors (Lipinski definition) is 4. The molecule has 0 saturated carbocycles. The molecular formula is C21H22ClN3O3S. The highest BCUT2D eigenvalue weighted by Crippen LogP contribution is 2.36. The van der Waals surface area contributed by atoms with Gasteiger partial charge in [0.15, 0.2) is 5.11 Å². The number of amides is 1. The van der Waals surface area contributed by atoms with E-state index in [2.05, 4.69) is 16.0 Å². The summed E-state index contributed by atoms with van der Waals surface area (Å²) in [4.78, 5) is 13.3. The van der Waals surface area contributed by atoms with Gasteiger partial charge >= 0.3 is 0 Å². The van der Waals surface area contributed by atoms with E-state index in [4.69, 9.17) is 33.3 Å². The number of carbonyl (C=O) groups excluding carboxylic acids is 1. The summed E-state index contributed by atoms with van der Waals surface area (Å²) in [5, 5.41) is 10.1. The van der Waals surface area contributed by atoms with Crippen molar-refractivity contribution in [2.75, 3.05) is 19.5 Å². The lowest BCUT2D eigenvalue weighted by Crippen LogP contribution is -2.45. The van der Waals surface area contributed by atoms with Gasteiger partial charge in [-0.05, 0) is 62.0 Å². The van der Waals surface area contributed by atoms with E-state index in [1.807, 2.05) is 26.0 Å². The van der Waals surface area contributed by atoms with Crippen LogP contribution in [0.3, 0.4) is 0 Å². The van der Waals surface area contributed by atoms with Crippen LogP contribution < -0.4 is 25.4 Å². The van der Waals surface area contributed by atoms with Gasteiger partial charge in [-0.15, -0.1) is 0 Å². The minimum absolute atomic E-state index is 0.273. The van der Waals surface area contributed by atoms with E-state index in [9.17, 15) is 4.79 Å². The fraction of sp³-hybridized carbons (Fsp3) is 0.238. The van der Waals surface area contributed by atoms with E-state index in [1.54, 1.807) is 38.5 Å². The summed E-state index contributed by atoms with van der Waals surface area (Å²) in [6, 6.07) is 10.3. The monoisotopic (exact) mass is 431 g/mol. The van der Waals surface area contributed by atoms with Crippen molar-refractivity contribution in [3.63, 3.8) is 0 Å². The molecule has 0 fully saturated rings. The van der Waals surface area contributed by atoms with E-state index in [0.29, 0.717) is 38.6 Å². The van der Waals surface area contributed by atoms with Crippen LogP contribution in [0.1, 0.15) is 24.1 Å². The van der Waals surface area contributed by atoms with E-state index >= 15 is 0 Å². The number of thiocarbonyl (C=S) groups is 1. The van der Waals surface area contributed by atoms with Crippen LogP contribution in [-0.4, -0.2) is 25.2 Å². The first-order valence-corrected chi connectivity index (χ1v) is 9.70. The summed E-state index contributed by atoms with van der Waals surface area (Å²) in [6.45, 7) is 3.72. The van der Waals surface area contributed by atoms with Crippen LogP contribution in [0, 0.1) is 6.92 Å². The van der Waals surface area contributed by atoms with Crippen molar-refractivity contribution in [2.24, 2.45) is 0 Å². The number of carbonyl (C=O) groups is 1. The average molecular weight is 432 g/mol. The molecule has 2 aromatic carbocycles. The van der Waals surface area contributed by atoms with Gasteiger partial charge in [0.2, 0.25) is 0 Å². The highest BCUT2D eigenvalue weighted by molar-refractivity contribution is 7.80. The first-order valence-electron chi connectivity index (χ1n) is 8.91. The van der Waals surface area contributed by atoms with Gasteiger partial charge in [0, 0.05) is 22.0 Å². The Labute approximate surface area is 180 Å². The number of methoxy groups -OCH3 is 2. The Morgan fingerprint density at radius 1 is 1.14 bits per heavy atom. The van der Waals surface area contributed by atoms with Crippen molar-refractivity contribution < 1.29 is 14.3 Å². The Morgan fingerprint density at radius 2 is 1.90 bits per heavy atom. The van der Waals surface area contributed by atoms with Crippen LogP contribution in [0.5, 0.6) is 11.5 Å². The molecule has 0 aliphatic carbocycles. The number of ether oxygens (including phenoxy) is 2. The molecule has 0 bridgehead atoms. The number of benzene rings is 2. The Balaban J connectivity index is 2.05. The van der Waals surface area contributed by atoms with Gasteiger partial charge < -0.3 is 25.4 Å². The van der Waals surface area contributed by atoms with Crippen LogP contribution in [0.4, 0.5) is 5.69 Å². The topological polar surface area (TPSA) is 71.6 Å². The molecular weight excluding hydrogens is 410 g/mol. The zero-order chi connectivity index (χ0) is 21.1. The van der Waals surface area contributed by atoms with Gasteiger partial charge in [-0.25, -0.2) is 0 Å². The minimum Gasteiger partial charge on any atom is -0.497 e. The lowest BCUT2D eigenvalue weighted by Gasteiger charge is -2.31. The van der Waals surface area contributed by atoms with Gasteiger partial charge in [-0.3, -0.25) is 4.79 Å². The Kier molecular flexibility index (Phi) is 6.30. The molecule has 1 atom stereocenters. The molecule has 1 aliphatic rings. The Bertz CT molecular complexity index is 1010. The molecule has 1 amide bonds. The lowest BCUT2D eigenvalue weighted by molar-refractivity contribution is -0.113. The molecule has 3 N–H and O–H groups in total. The van der Waals surface area contributed by atoms with Crippen molar-refractivity contribution in [3.05, 3.63) is 63.8 Å². The zero-order valence-electron chi connectivity index (χ0n) is 16.6. The Morgan fingerprint density at radius 3 is 2.59 bits per heavy atom. The smallest absolute Gasteiger partial charge is 0.255 e. The molecule has 0 spiro atoms. The van der Waals surface area contributed by atoms with Gasteiger partial charge in [-0.1, -0.05) is 17.7 Å². The van der Waals surface area contributed by atoms with E-state index in [1.165, 1.54) is 0 Å². The number of aryl methyl sites for hydroxylation is 1. The molecule has 1 heterocycles. The third kappa shape index (κ3) is 4.46. The molecule has 0 saturated heterocycles. The third-order valence-corrected chi connectivity index (χ3v) is 5.16. The predicted octanol–water partition coefficient (Wildman–Crippen LogP) is 4.10. The van der Waals surface area contributed by atoms with Crippen LogP contribution in [0.25, 0.3) is 0 Å². The van der Waals surface area contributed by atoms with Crippen LogP contribution in [0.2, 0.25) is 5.02 Å². The van der Waals surface area contributed by atoms with Gasteiger partial charge in [-0.2, -0.15) is 0 Å². The first-order chi connectivity index (χ1) is 13.8. The molecule has 3 rings (SSSR count). The quantitative estimate of drug-likeness (QED) is 0.619. The summed E-state index contributed by atoms with van der Waals surface area (Å²) in [6.07, 6.45) is 0. The van der Waals surface area contributed by atoms with Gasteiger partial charge in [0.1, 0.15) is 11.5 Å². The third-order valence-electron chi connectivity index (χ3n) is 4.71. The average Bonchev–Trinajstić information content (AvgIpc) is 2.69. The zero-order valence-corrected chi connectivity index (χ0v) is 18.1. The normalized spacial score (nSPS) is 16.0. The van der Waals surface area contributed by atoms with Crippen LogP contribution in [0.15, 0.2) is 47.7 Å². The fourth-order valence-electron chi connectivity index (χ4n) is 3.21. The summed E-state index contributed by atoms with van der Waals surface area (Å²) >= 11 is 11.4. The lowest BCUT2D eigenvalue weighted by atomic mass is 9.93. The molecule has 29 heavy (non-hydrogen) atoms. The van der Waals surface area contributed by atoms with Crippen molar-refractivity contribution in [1.82, 2.24) is 10.6 Å². The van der Waals surface area contributed by atoms with Crippen molar-refractivity contribution in [2.45, 2.75) is 19.9 Å². The molecule has 1 aliphatic heterocycles. The van der Waals surface area contributed by atoms with Gasteiger partial charge in [0.25, 0.3) is 5.91 Å². The number of rotatable bonds is 5. The highest BCUT2D eigenvalue weighted by Gasteiger charge is 2.32.